The molecule has 0 aliphatic heterocycles. The Morgan fingerprint density at radius 2 is 2.38 bits per heavy atom. The summed E-state index contributed by atoms with van der Waals surface area (Å²) in [5, 5.41) is 13.9. The van der Waals surface area contributed by atoms with Crippen LogP contribution in [0, 0.1) is 5.92 Å². The number of aliphatic hydroxyl groups is 1. The highest BCUT2D eigenvalue weighted by molar-refractivity contribution is 7.07. The number of rotatable bonds is 5. The molecule has 0 aromatic carbocycles. The molecule has 2 rings (SSSR count). The summed E-state index contributed by atoms with van der Waals surface area (Å²) >= 11 is 1.74. The smallest absolute Gasteiger partial charge is 0.0546 e. The lowest BCUT2D eigenvalue weighted by Gasteiger charge is -2.08. The molecule has 1 aromatic rings. The second-order valence-corrected chi connectivity index (χ2v) is 4.78. The summed E-state index contributed by atoms with van der Waals surface area (Å²) in [5.74, 6) is 0.845. The Kier molecular flexibility index (Phi) is 3.01. The zero-order chi connectivity index (χ0) is 9.10. The minimum absolute atomic E-state index is 0.0626. The van der Waals surface area contributed by atoms with Gasteiger partial charge in [-0.15, -0.1) is 0 Å². The third-order valence-corrected chi connectivity index (χ3v) is 3.38. The van der Waals surface area contributed by atoms with E-state index in [1.807, 2.05) is 0 Å². The van der Waals surface area contributed by atoms with Gasteiger partial charge in [-0.3, -0.25) is 0 Å². The van der Waals surface area contributed by atoms with Crippen molar-refractivity contribution in [3.8, 4) is 0 Å². The van der Waals surface area contributed by atoms with Gasteiger partial charge < -0.3 is 5.11 Å². The first-order valence-electron chi connectivity index (χ1n) is 5.04. The SMILES string of the molecule is OC(CCc1ccsc1)CC1CC1. The van der Waals surface area contributed by atoms with Crippen LogP contribution in [0.25, 0.3) is 0 Å². The Morgan fingerprint density at radius 3 is 3.00 bits per heavy atom. The van der Waals surface area contributed by atoms with Gasteiger partial charge in [-0.1, -0.05) is 12.8 Å². The van der Waals surface area contributed by atoms with Crippen molar-refractivity contribution in [1.29, 1.82) is 0 Å². The summed E-state index contributed by atoms with van der Waals surface area (Å²) < 4.78 is 0. The molecule has 1 saturated carbocycles. The highest BCUT2D eigenvalue weighted by Gasteiger charge is 2.24. The highest BCUT2D eigenvalue weighted by atomic mass is 32.1. The average Bonchev–Trinajstić information content (AvgIpc) is 2.78. The van der Waals surface area contributed by atoms with E-state index in [1.54, 1.807) is 11.3 Å². The predicted molar refractivity (Wildman–Crippen MR) is 56.0 cm³/mol. The van der Waals surface area contributed by atoms with E-state index in [9.17, 15) is 5.11 Å². The van der Waals surface area contributed by atoms with Crippen LogP contribution in [0.1, 0.15) is 31.2 Å². The molecule has 1 aromatic heterocycles. The van der Waals surface area contributed by atoms with Crippen LogP contribution in [0.5, 0.6) is 0 Å². The van der Waals surface area contributed by atoms with Crippen molar-refractivity contribution in [3.63, 3.8) is 0 Å². The van der Waals surface area contributed by atoms with Gasteiger partial charge in [0.2, 0.25) is 0 Å². The molecule has 1 aliphatic rings. The quantitative estimate of drug-likeness (QED) is 0.767. The summed E-state index contributed by atoms with van der Waals surface area (Å²) in [5.41, 5.74) is 1.37. The fourth-order valence-corrected chi connectivity index (χ4v) is 2.33. The molecule has 1 fully saturated rings. The van der Waals surface area contributed by atoms with Gasteiger partial charge in [0.15, 0.2) is 0 Å². The minimum atomic E-state index is -0.0626. The first-order chi connectivity index (χ1) is 6.34. The largest absolute Gasteiger partial charge is 0.393 e. The van der Waals surface area contributed by atoms with Crippen molar-refractivity contribution >= 4 is 11.3 Å². The van der Waals surface area contributed by atoms with Crippen molar-refractivity contribution in [2.75, 3.05) is 0 Å². The molecular weight excluding hydrogens is 180 g/mol. The van der Waals surface area contributed by atoms with E-state index in [0.717, 1.165) is 25.2 Å². The number of hydrogen-bond donors (Lipinski definition) is 1. The molecule has 0 amide bonds. The molecule has 0 saturated heterocycles. The lowest BCUT2D eigenvalue weighted by atomic mass is 10.1. The van der Waals surface area contributed by atoms with Crippen LogP contribution in [0.2, 0.25) is 0 Å². The first kappa shape index (κ1) is 9.22. The van der Waals surface area contributed by atoms with Crippen LogP contribution in [0.15, 0.2) is 16.8 Å². The molecule has 72 valence electrons. The molecule has 2 heteroatoms. The van der Waals surface area contributed by atoms with Crippen molar-refractivity contribution in [1.82, 2.24) is 0 Å². The van der Waals surface area contributed by atoms with Gasteiger partial charge in [0.25, 0.3) is 0 Å². The number of aryl methyl sites for hydroxylation is 1. The summed E-state index contributed by atoms with van der Waals surface area (Å²) in [4.78, 5) is 0. The Hall–Kier alpha value is -0.340. The summed E-state index contributed by atoms with van der Waals surface area (Å²) in [7, 11) is 0. The monoisotopic (exact) mass is 196 g/mol. The van der Waals surface area contributed by atoms with Gasteiger partial charge >= 0.3 is 0 Å². The second-order valence-electron chi connectivity index (χ2n) is 4.00. The highest BCUT2D eigenvalue weighted by Crippen LogP contribution is 2.34. The van der Waals surface area contributed by atoms with Gasteiger partial charge in [-0.05, 0) is 47.6 Å². The van der Waals surface area contributed by atoms with Gasteiger partial charge in [0.05, 0.1) is 6.10 Å². The third-order valence-electron chi connectivity index (χ3n) is 2.65. The maximum atomic E-state index is 9.66. The molecule has 0 bridgehead atoms. The van der Waals surface area contributed by atoms with Crippen LogP contribution in [0.3, 0.4) is 0 Å². The van der Waals surface area contributed by atoms with Crippen molar-refractivity contribution in [2.24, 2.45) is 5.92 Å². The Balaban J connectivity index is 1.66. The van der Waals surface area contributed by atoms with Crippen molar-refractivity contribution < 1.29 is 5.11 Å². The summed E-state index contributed by atoms with van der Waals surface area (Å²) in [6, 6.07) is 2.15. The fraction of sp³-hybridized carbons (Fsp3) is 0.636. The predicted octanol–water partition coefficient (Wildman–Crippen LogP) is 2.84. The molecule has 0 spiro atoms. The molecule has 1 nitrogen and oxygen atoms in total. The van der Waals surface area contributed by atoms with Gasteiger partial charge in [-0.2, -0.15) is 11.3 Å². The van der Waals surface area contributed by atoms with Crippen LogP contribution in [-0.4, -0.2) is 11.2 Å². The fourth-order valence-electron chi connectivity index (χ4n) is 1.62. The topological polar surface area (TPSA) is 20.2 Å². The van der Waals surface area contributed by atoms with E-state index in [4.69, 9.17) is 0 Å². The normalized spacial score (nSPS) is 18.8. The van der Waals surface area contributed by atoms with E-state index in [2.05, 4.69) is 16.8 Å². The first-order valence-corrected chi connectivity index (χ1v) is 5.98. The van der Waals surface area contributed by atoms with E-state index in [1.165, 1.54) is 18.4 Å². The molecular formula is C11H16OS. The minimum Gasteiger partial charge on any atom is -0.393 e. The molecule has 13 heavy (non-hydrogen) atoms. The summed E-state index contributed by atoms with van der Waals surface area (Å²) in [6.45, 7) is 0. The molecule has 0 radical (unpaired) electrons. The standard InChI is InChI=1S/C11H16OS/c12-11(7-9-1-2-9)4-3-10-5-6-13-8-10/h5-6,8-9,11-12H,1-4,7H2. The lowest BCUT2D eigenvalue weighted by Crippen LogP contribution is -2.08. The zero-order valence-corrected chi connectivity index (χ0v) is 8.59. The van der Waals surface area contributed by atoms with Crippen molar-refractivity contribution in [2.45, 2.75) is 38.2 Å². The van der Waals surface area contributed by atoms with Crippen LogP contribution in [0.4, 0.5) is 0 Å². The van der Waals surface area contributed by atoms with Gasteiger partial charge in [0, 0.05) is 0 Å². The van der Waals surface area contributed by atoms with Gasteiger partial charge in [0.1, 0.15) is 0 Å². The summed E-state index contributed by atoms with van der Waals surface area (Å²) in [6.07, 6.45) is 5.63. The molecule has 1 aliphatic carbocycles. The molecule has 1 heterocycles. The second kappa shape index (κ2) is 4.25. The number of hydrogen-bond acceptors (Lipinski definition) is 2. The maximum absolute atomic E-state index is 9.66. The average molecular weight is 196 g/mol. The Bertz CT molecular complexity index is 239. The van der Waals surface area contributed by atoms with Crippen LogP contribution >= 0.6 is 11.3 Å². The third kappa shape index (κ3) is 3.12. The van der Waals surface area contributed by atoms with E-state index < -0.39 is 0 Å². The van der Waals surface area contributed by atoms with Crippen LogP contribution < -0.4 is 0 Å². The lowest BCUT2D eigenvalue weighted by molar-refractivity contribution is 0.148. The Morgan fingerprint density at radius 1 is 1.54 bits per heavy atom. The van der Waals surface area contributed by atoms with E-state index in [-0.39, 0.29) is 6.10 Å². The van der Waals surface area contributed by atoms with Gasteiger partial charge in [-0.25, -0.2) is 0 Å². The number of aliphatic hydroxyl groups excluding tert-OH is 1. The van der Waals surface area contributed by atoms with E-state index in [0.29, 0.717) is 0 Å². The maximum Gasteiger partial charge on any atom is 0.0546 e. The zero-order valence-electron chi connectivity index (χ0n) is 7.78. The van der Waals surface area contributed by atoms with E-state index >= 15 is 0 Å². The molecule has 1 N–H and O–H groups in total. The Labute approximate surface area is 83.4 Å². The molecule has 1 atom stereocenters. The van der Waals surface area contributed by atoms with Crippen LogP contribution in [-0.2, 0) is 6.42 Å². The van der Waals surface area contributed by atoms with Crippen molar-refractivity contribution in [3.05, 3.63) is 22.4 Å². The number of thiophene rings is 1. The molecule has 1 unspecified atom stereocenters.